The van der Waals surface area contributed by atoms with Gasteiger partial charge in [-0.25, -0.2) is 8.42 Å². The van der Waals surface area contributed by atoms with Gasteiger partial charge in [-0.05, 0) is 36.2 Å². The molecule has 9 heteroatoms. The maximum absolute atomic E-state index is 13.3. The number of morpholine rings is 1. The van der Waals surface area contributed by atoms with E-state index in [4.69, 9.17) is 9.47 Å². The second-order valence-corrected chi connectivity index (χ2v) is 10.4. The summed E-state index contributed by atoms with van der Waals surface area (Å²) in [4.78, 5) is 17.5. The van der Waals surface area contributed by atoms with Crippen LogP contribution in [0.1, 0.15) is 22.8 Å². The zero-order chi connectivity index (χ0) is 24.0. The van der Waals surface area contributed by atoms with E-state index in [2.05, 4.69) is 4.90 Å². The Hall–Kier alpha value is -2.46. The van der Waals surface area contributed by atoms with Gasteiger partial charge in [-0.1, -0.05) is 31.2 Å². The van der Waals surface area contributed by atoms with E-state index in [9.17, 15) is 13.2 Å². The first-order valence-electron chi connectivity index (χ1n) is 11.9. The third kappa shape index (κ3) is 5.78. The number of benzene rings is 2. The quantitative estimate of drug-likeness (QED) is 0.568. The van der Waals surface area contributed by atoms with Gasteiger partial charge in [-0.2, -0.15) is 4.31 Å². The Kier molecular flexibility index (Phi) is 8.20. The monoisotopic (exact) mass is 487 g/mol. The van der Waals surface area contributed by atoms with E-state index in [0.29, 0.717) is 58.0 Å². The fourth-order valence-electron chi connectivity index (χ4n) is 4.31. The molecular formula is C25H33N3O5S. The minimum absolute atomic E-state index is 0.124. The Morgan fingerprint density at radius 2 is 1.68 bits per heavy atom. The third-order valence-corrected chi connectivity index (χ3v) is 8.34. The molecule has 2 aliphatic heterocycles. The van der Waals surface area contributed by atoms with Crippen molar-refractivity contribution < 1.29 is 22.7 Å². The molecule has 2 fully saturated rings. The molecule has 0 bridgehead atoms. The highest BCUT2D eigenvalue weighted by molar-refractivity contribution is 7.89. The minimum Gasteiger partial charge on any atom is -0.492 e. The Labute approximate surface area is 202 Å². The molecular weight excluding hydrogens is 454 g/mol. The number of sulfonamides is 1. The Bertz CT molecular complexity index is 1060. The third-order valence-electron chi connectivity index (χ3n) is 6.36. The normalized spacial score (nSPS) is 18.1. The molecule has 184 valence electrons. The largest absolute Gasteiger partial charge is 0.492 e. The van der Waals surface area contributed by atoms with E-state index in [0.717, 1.165) is 30.9 Å². The summed E-state index contributed by atoms with van der Waals surface area (Å²) in [6, 6.07) is 14.8. The van der Waals surface area contributed by atoms with Crippen molar-refractivity contribution in [3.8, 4) is 5.75 Å². The van der Waals surface area contributed by atoms with E-state index in [1.807, 2.05) is 37.3 Å². The number of aryl methyl sites for hydroxylation is 1. The van der Waals surface area contributed by atoms with Crippen LogP contribution in [0.4, 0.5) is 0 Å². The van der Waals surface area contributed by atoms with Gasteiger partial charge in [0, 0.05) is 51.4 Å². The van der Waals surface area contributed by atoms with Crippen molar-refractivity contribution in [2.24, 2.45) is 0 Å². The molecule has 0 radical (unpaired) electrons. The van der Waals surface area contributed by atoms with Crippen molar-refractivity contribution in [3.63, 3.8) is 0 Å². The van der Waals surface area contributed by atoms with Crippen molar-refractivity contribution in [1.29, 1.82) is 0 Å². The van der Waals surface area contributed by atoms with E-state index >= 15 is 0 Å². The highest BCUT2D eigenvalue weighted by Gasteiger charge is 2.30. The first-order chi connectivity index (χ1) is 16.5. The van der Waals surface area contributed by atoms with Crippen molar-refractivity contribution in [2.75, 3.05) is 65.6 Å². The van der Waals surface area contributed by atoms with E-state index in [1.54, 1.807) is 23.1 Å². The average Bonchev–Trinajstić information content (AvgIpc) is 2.89. The molecule has 0 unspecified atom stereocenters. The molecule has 0 N–H and O–H groups in total. The van der Waals surface area contributed by atoms with Crippen molar-refractivity contribution in [2.45, 2.75) is 18.2 Å². The van der Waals surface area contributed by atoms with Gasteiger partial charge in [-0.15, -0.1) is 0 Å². The number of carbonyl (C=O) groups excluding carboxylic acids is 1. The second kappa shape index (κ2) is 11.3. The van der Waals surface area contributed by atoms with Crippen LogP contribution in [0.25, 0.3) is 0 Å². The summed E-state index contributed by atoms with van der Waals surface area (Å²) >= 11 is 0. The van der Waals surface area contributed by atoms with Gasteiger partial charge >= 0.3 is 0 Å². The molecule has 0 aromatic heterocycles. The van der Waals surface area contributed by atoms with Crippen LogP contribution in [0.3, 0.4) is 0 Å². The van der Waals surface area contributed by atoms with Gasteiger partial charge in [0.25, 0.3) is 5.91 Å². The average molecular weight is 488 g/mol. The van der Waals surface area contributed by atoms with Crippen molar-refractivity contribution in [1.82, 2.24) is 14.1 Å². The summed E-state index contributed by atoms with van der Waals surface area (Å²) in [6.45, 7) is 7.49. The molecule has 2 aliphatic rings. The number of hydrogen-bond donors (Lipinski definition) is 0. The predicted octanol–water partition coefficient (Wildman–Crippen LogP) is 2.11. The zero-order valence-electron chi connectivity index (χ0n) is 19.7. The first-order valence-corrected chi connectivity index (χ1v) is 13.3. The maximum Gasteiger partial charge on any atom is 0.253 e. The summed E-state index contributed by atoms with van der Waals surface area (Å²) in [7, 11) is -3.67. The lowest BCUT2D eigenvalue weighted by molar-refractivity contribution is 0.0620. The van der Waals surface area contributed by atoms with E-state index in [1.165, 1.54) is 4.31 Å². The van der Waals surface area contributed by atoms with Crippen LogP contribution < -0.4 is 4.74 Å². The van der Waals surface area contributed by atoms with Crippen LogP contribution in [0.5, 0.6) is 5.75 Å². The summed E-state index contributed by atoms with van der Waals surface area (Å²) in [6.07, 6.45) is 0.580. The Morgan fingerprint density at radius 1 is 0.971 bits per heavy atom. The highest BCUT2D eigenvalue weighted by Crippen LogP contribution is 2.24. The van der Waals surface area contributed by atoms with Crippen molar-refractivity contribution >= 4 is 15.9 Å². The molecule has 4 rings (SSSR count). The van der Waals surface area contributed by atoms with Gasteiger partial charge in [0.1, 0.15) is 12.4 Å². The van der Waals surface area contributed by atoms with Crippen LogP contribution >= 0.6 is 0 Å². The van der Waals surface area contributed by atoms with Crippen LogP contribution in [0.15, 0.2) is 53.4 Å². The number of amides is 1. The molecule has 0 aliphatic carbocycles. The number of hydrogen-bond acceptors (Lipinski definition) is 6. The molecule has 0 saturated carbocycles. The molecule has 8 nitrogen and oxygen atoms in total. The zero-order valence-corrected chi connectivity index (χ0v) is 20.5. The van der Waals surface area contributed by atoms with E-state index in [-0.39, 0.29) is 10.8 Å². The van der Waals surface area contributed by atoms with Crippen LogP contribution in [0, 0.1) is 0 Å². The molecule has 2 aromatic rings. The Morgan fingerprint density at radius 3 is 2.35 bits per heavy atom. The van der Waals surface area contributed by atoms with Crippen molar-refractivity contribution in [3.05, 3.63) is 59.7 Å². The summed E-state index contributed by atoms with van der Waals surface area (Å²) in [5, 5.41) is 0. The van der Waals surface area contributed by atoms with Gasteiger partial charge < -0.3 is 14.4 Å². The molecule has 2 aromatic carbocycles. The Balaban J connectivity index is 1.37. The number of para-hydroxylation sites is 1. The smallest absolute Gasteiger partial charge is 0.253 e. The lowest BCUT2D eigenvalue weighted by Gasteiger charge is -2.34. The summed E-state index contributed by atoms with van der Waals surface area (Å²) < 4.78 is 39.1. The standard InChI is InChI=1S/C25H33N3O5S/c1-2-21-8-9-22(20-24(21)34(30,31)28-15-17-32-18-16-28)25(29)27-12-10-26(11-13-27)14-19-33-23-6-4-3-5-7-23/h3-9,20H,2,10-19H2,1H3. The number of piperazine rings is 1. The fraction of sp³-hybridized carbons (Fsp3) is 0.480. The predicted molar refractivity (Wildman–Crippen MR) is 130 cm³/mol. The lowest BCUT2D eigenvalue weighted by atomic mass is 10.1. The van der Waals surface area contributed by atoms with Gasteiger partial charge in [0.2, 0.25) is 10.0 Å². The molecule has 0 atom stereocenters. The molecule has 2 saturated heterocycles. The summed E-state index contributed by atoms with van der Waals surface area (Å²) in [5.41, 5.74) is 1.15. The molecule has 34 heavy (non-hydrogen) atoms. The van der Waals surface area contributed by atoms with Crippen LogP contribution in [-0.2, 0) is 21.2 Å². The minimum atomic E-state index is -3.67. The number of nitrogens with zero attached hydrogens (tertiary/aromatic N) is 3. The number of carbonyl (C=O) groups is 1. The fourth-order valence-corrected chi connectivity index (χ4v) is 6.04. The van der Waals surface area contributed by atoms with Gasteiger partial charge in [0.05, 0.1) is 18.1 Å². The number of ether oxygens (including phenoxy) is 2. The lowest BCUT2D eigenvalue weighted by Crippen LogP contribution is -2.49. The highest BCUT2D eigenvalue weighted by atomic mass is 32.2. The van der Waals surface area contributed by atoms with Crippen LogP contribution in [-0.4, -0.2) is 94.1 Å². The SMILES string of the molecule is CCc1ccc(C(=O)N2CCN(CCOc3ccccc3)CC2)cc1S(=O)(=O)N1CCOCC1. The molecule has 1 amide bonds. The van der Waals surface area contributed by atoms with Crippen LogP contribution in [0.2, 0.25) is 0 Å². The second-order valence-electron chi connectivity index (χ2n) is 8.49. The topological polar surface area (TPSA) is 79.4 Å². The number of rotatable bonds is 8. The van der Waals surface area contributed by atoms with E-state index < -0.39 is 10.0 Å². The maximum atomic E-state index is 13.3. The summed E-state index contributed by atoms with van der Waals surface area (Å²) in [5.74, 6) is 0.732. The van der Waals surface area contributed by atoms with Gasteiger partial charge in [0.15, 0.2) is 0 Å². The molecule has 0 spiro atoms. The molecule has 2 heterocycles. The van der Waals surface area contributed by atoms with Gasteiger partial charge in [-0.3, -0.25) is 9.69 Å². The first kappa shape index (κ1) is 24.7.